The van der Waals surface area contributed by atoms with Gasteiger partial charge in [-0.2, -0.15) is 0 Å². The highest BCUT2D eigenvalue weighted by atomic mass is 32.2. The van der Waals surface area contributed by atoms with Crippen molar-refractivity contribution in [1.82, 2.24) is 14.3 Å². The number of amides is 1. The number of nitrogens with one attached hydrogen (secondary N) is 1. The molecule has 1 N–H and O–H groups in total. The van der Waals surface area contributed by atoms with Crippen LogP contribution >= 0.6 is 24.0 Å². The molecule has 0 unspecified atom stereocenters. The summed E-state index contributed by atoms with van der Waals surface area (Å²) in [4.78, 5) is 32.7. The number of anilines is 1. The van der Waals surface area contributed by atoms with Gasteiger partial charge in [-0.05, 0) is 30.7 Å². The van der Waals surface area contributed by atoms with E-state index >= 15 is 0 Å². The van der Waals surface area contributed by atoms with Gasteiger partial charge in [0.2, 0.25) is 0 Å². The fraction of sp³-hybridized carbons (Fsp3) is 0.217. The number of hydrogen-bond acceptors (Lipinski definition) is 7. The first-order chi connectivity index (χ1) is 15.5. The van der Waals surface area contributed by atoms with E-state index in [-0.39, 0.29) is 11.5 Å². The molecule has 4 rings (SSSR count). The lowest BCUT2D eigenvalue weighted by Gasteiger charge is -2.13. The molecule has 0 bridgehead atoms. The van der Waals surface area contributed by atoms with Gasteiger partial charge in [0, 0.05) is 19.9 Å². The van der Waals surface area contributed by atoms with Crippen LogP contribution in [0, 0.1) is 6.92 Å². The largest absolute Gasteiger partial charge is 0.383 e. The first-order valence-electron chi connectivity index (χ1n) is 10.0. The second kappa shape index (κ2) is 9.64. The summed E-state index contributed by atoms with van der Waals surface area (Å²) in [6.45, 7) is 3.27. The molecule has 1 amide bonds. The second-order valence-electron chi connectivity index (χ2n) is 7.27. The number of thioether (sulfide) groups is 1. The molecule has 0 spiro atoms. The van der Waals surface area contributed by atoms with Crippen molar-refractivity contribution in [2.24, 2.45) is 0 Å². The molecule has 7 nitrogen and oxygen atoms in total. The average Bonchev–Trinajstić information content (AvgIpc) is 3.06. The molecule has 32 heavy (non-hydrogen) atoms. The summed E-state index contributed by atoms with van der Waals surface area (Å²) in [5, 5.41) is 3.27. The second-order valence-corrected chi connectivity index (χ2v) is 8.95. The molecular formula is C23H22N4O3S2. The van der Waals surface area contributed by atoms with Crippen molar-refractivity contribution in [3.63, 3.8) is 0 Å². The topological polar surface area (TPSA) is 75.9 Å². The highest BCUT2D eigenvalue weighted by Gasteiger charge is 2.32. The summed E-state index contributed by atoms with van der Waals surface area (Å²) in [6, 6.07) is 13.5. The third kappa shape index (κ3) is 4.59. The number of benzene rings is 1. The monoisotopic (exact) mass is 466 g/mol. The molecule has 3 heterocycles. The standard InChI is InChI=1S/C23H22N4O3S2/c1-15-6-8-16(9-7-15)14-24-20-17(21(28)26-10-4-3-5-19(26)25-20)13-18-22(29)27(11-12-30-2)23(31)32-18/h3-10,13,24H,11-12,14H2,1-2H3. The maximum Gasteiger partial charge on any atom is 0.267 e. The zero-order valence-corrected chi connectivity index (χ0v) is 19.3. The summed E-state index contributed by atoms with van der Waals surface area (Å²) in [5.41, 5.74) is 2.81. The van der Waals surface area contributed by atoms with Gasteiger partial charge < -0.3 is 10.1 Å². The number of methoxy groups -OCH3 is 1. The molecule has 164 valence electrons. The van der Waals surface area contributed by atoms with E-state index in [9.17, 15) is 9.59 Å². The third-order valence-corrected chi connectivity index (χ3v) is 6.40. The predicted molar refractivity (Wildman–Crippen MR) is 132 cm³/mol. The first-order valence-corrected chi connectivity index (χ1v) is 11.3. The van der Waals surface area contributed by atoms with Crippen LogP contribution in [-0.2, 0) is 16.1 Å². The molecule has 0 radical (unpaired) electrons. The van der Waals surface area contributed by atoms with Crippen molar-refractivity contribution in [3.8, 4) is 0 Å². The van der Waals surface area contributed by atoms with Crippen LogP contribution in [-0.4, -0.2) is 44.8 Å². The zero-order valence-electron chi connectivity index (χ0n) is 17.7. The SMILES string of the molecule is COCCN1C(=O)C(=Cc2c(NCc3ccc(C)cc3)nc3ccccn3c2=O)SC1=S. The van der Waals surface area contributed by atoms with Crippen LogP contribution in [0.1, 0.15) is 16.7 Å². The Morgan fingerprint density at radius 3 is 2.72 bits per heavy atom. The Bertz CT molecular complexity index is 1270. The zero-order chi connectivity index (χ0) is 22.7. The van der Waals surface area contributed by atoms with Crippen LogP contribution < -0.4 is 10.9 Å². The Kier molecular flexibility index (Phi) is 6.69. The van der Waals surface area contributed by atoms with Crippen molar-refractivity contribution >= 4 is 51.7 Å². The lowest BCUT2D eigenvalue weighted by molar-refractivity contribution is -0.122. The fourth-order valence-electron chi connectivity index (χ4n) is 3.27. The number of rotatable bonds is 7. The highest BCUT2D eigenvalue weighted by Crippen LogP contribution is 2.32. The molecular weight excluding hydrogens is 444 g/mol. The quantitative estimate of drug-likeness (QED) is 0.422. The van der Waals surface area contributed by atoms with Gasteiger partial charge in [0.25, 0.3) is 11.5 Å². The number of fused-ring (bicyclic) bond motifs is 1. The summed E-state index contributed by atoms with van der Waals surface area (Å²) in [7, 11) is 1.57. The Labute approximate surface area is 195 Å². The number of carbonyl (C=O) groups is 1. The van der Waals surface area contributed by atoms with Crippen LogP contribution in [0.2, 0.25) is 0 Å². The molecule has 9 heteroatoms. The molecule has 3 aromatic rings. The van der Waals surface area contributed by atoms with Gasteiger partial charge >= 0.3 is 0 Å². The van der Waals surface area contributed by atoms with E-state index in [0.29, 0.717) is 46.0 Å². The van der Waals surface area contributed by atoms with E-state index in [1.54, 1.807) is 31.5 Å². The Morgan fingerprint density at radius 2 is 1.97 bits per heavy atom. The first kappa shape index (κ1) is 22.2. The number of thiocarbonyl (C=S) groups is 1. The minimum absolute atomic E-state index is 0.237. The predicted octanol–water partition coefficient (Wildman–Crippen LogP) is 3.46. The molecule has 1 aromatic carbocycles. The number of nitrogens with zero attached hydrogens (tertiary/aromatic N) is 3. The molecule has 1 aliphatic heterocycles. The Morgan fingerprint density at radius 1 is 1.19 bits per heavy atom. The maximum absolute atomic E-state index is 13.3. The maximum atomic E-state index is 13.3. The molecule has 1 fully saturated rings. The van der Waals surface area contributed by atoms with Gasteiger partial charge in [0.05, 0.1) is 23.6 Å². The van der Waals surface area contributed by atoms with Gasteiger partial charge in [-0.25, -0.2) is 4.98 Å². The van der Waals surface area contributed by atoms with E-state index in [4.69, 9.17) is 17.0 Å². The van der Waals surface area contributed by atoms with Crippen LogP contribution in [0.5, 0.6) is 0 Å². The summed E-state index contributed by atoms with van der Waals surface area (Å²) >= 11 is 6.53. The number of carbonyl (C=O) groups excluding carboxylic acids is 1. The van der Waals surface area contributed by atoms with E-state index in [2.05, 4.69) is 10.3 Å². The summed E-state index contributed by atoms with van der Waals surface area (Å²) in [5.74, 6) is 0.183. The van der Waals surface area contributed by atoms with Gasteiger partial charge in [-0.15, -0.1) is 0 Å². The molecule has 1 saturated heterocycles. The average molecular weight is 467 g/mol. The number of ether oxygens (including phenoxy) is 1. The van der Waals surface area contributed by atoms with Crippen LogP contribution in [0.4, 0.5) is 5.82 Å². The highest BCUT2D eigenvalue weighted by molar-refractivity contribution is 8.26. The van der Waals surface area contributed by atoms with Crippen LogP contribution in [0.3, 0.4) is 0 Å². The number of aromatic nitrogens is 2. The van der Waals surface area contributed by atoms with Gasteiger partial charge in [-0.1, -0.05) is 59.9 Å². The van der Waals surface area contributed by atoms with E-state index in [0.717, 1.165) is 5.56 Å². The van der Waals surface area contributed by atoms with Crippen molar-refractivity contribution in [2.75, 3.05) is 25.6 Å². The van der Waals surface area contributed by atoms with E-state index in [1.165, 1.54) is 26.6 Å². The molecule has 2 aromatic heterocycles. The molecule has 1 aliphatic rings. The summed E-state index contributed by atoms with van der Waals surface area (Å²) < 4.78 is 6.98. The van der Waals surface area contributed by atoms with E-state index in [1.807, 2.05) is 37.3 Å². The lowest BCUT2D eigenvalue weighted by atomic mass is 10.1. The number of hydrogen-bond donors (Lipinski definition) is 1. The van der Waals surface area contributed by atoms with Crippen molar-refractivity contribution in [2.45, 2.75) is 13.5 Å². The molecule has 0 aliphatic carbocycles. The minimum atomic E-state index is -0.260. The third-order valence-electron chi connectivity index (χ3n) is 5.02. The normalized spacial score (nSPS) is 15.2. The lowest BCUT2D eigenvalue weighted by Crippen LogP contribution is -2.31. The summed E-state index contributed by atoms with van der Waals surface area (Å²) in [6.07, 6.45) is 3.24. The van der Waals surface area contributed by atoms with Gasteiger partial charge in [0.15, 0.2) is 0 Å². The van der Waals surface area contributed by atoms with E-state index < -0.39 is 0 Å². The van der Waals surface area contributed by atoms with Crippen molar-refractivity contribution < 1.29 is 9.53 Å². The van der Waals surface area contributed by atoms with Crippen molar-refractivity contribution in [3.05, 3.63) is 80.6 Å². The fourth-order valence-corrected chi connectivity index (χ4v) is 4.56. The Balaban J connectivity index is 1.73. The van der Waals surface area contributed by atoms with Gasteiger partial charge in [-0.3, -0.25) is 18.9 Å². The number of aryl methyl sites for hydroxylation is 1. The van der Waals surface area contributed by atoms with Gasteiger partial charge in [0.1, 0.15) is 15.8 Å². The Hall–Kier alpha value is -3.01. The smallest absolute Gasteiger partial charge is 0.267 e. The number of pyridine rings is 1. The molecule has 0 atom stereocenters. The van der Waals surface area contributed by atoms with Crippen LogP contribution in [0.25, 0.3) is 11.7 Å². The minimum Gasteiger partial charge on any atom is -0.383 e. The van der Waals surface area contributed by atoms with Crippen molar-refractivity contribution in [1.29, 1.82) is 0 Å². The molecule has 0 saturated carbocycles. The van der Waals surface area contributed by atoms with Crippen LogP contribution in [0.15, 0.2) is 58.4 Å².